The van der Waals surface area contributed by atoms with E-state index in [0.717, 1.165) is 5.39 Å². The van der Waals surface area contributed by atoms with Gasteiger partial charge in [-0.2, -0.15) is 0 Å². The lowest BCUT2D eigenvalue weighted by molar-refractivity contribution is 0.102. The molecule has 1 N–H and O–H groups in total. The van der Waals surface area contributed by atoms with Crippen LogP contribution in [0.25, 0.3) is 33.3 Å². The minimum atomic E-state index is -0.480. The first-order valence-corrected chi connectivity index (χ1v) is 8.97. The first kappa shape index (κ1) is 16.9. The van der Waals surface area contributed by atoms with Gasteiger partial charge >= 0.3 is 5.63 Å². The van der Waals surface area contributed by atoms with E-state index in [1.54, 1.807) is 73.0 Å². The number of nitrogens with zero attached hydrogens (tertiary/aromatic N) is 1. The van der Waals surface area contributed by atoms with Crippen LogP contribution >= 0.6 is 0 Å². The van der Waals surface area contributed by atoms with Gasteiger partial charge in [0, 0.05) is 5.39 Å². The Morgan fingerprint density at radius 1 is 0.897 bits per heavy atom. The highest BCUT2D eigenvalue weighted by Gasteiger charge is 2.17. The van der Waals surface area contributed by atoms with Crippen LogP contribution < -0.4 is 10.9 Å². The van der Waals surface area contributed by atoms with Crippen molar-refractivity contribution in [2.45, 2.75) is 0 Å². The number of nitrogens with one attached hydrogen (secondary N) is 1. The fourth-order valence-corrected chi connectivity index (χ4v) is 3.27. The van der Waals surface area contributed by atoms with E-state index in [-0.39, 0.29) is 11.8 Å². The van der Waals surface area contributed by atoms with E-state index >= 15 is 0 Å². The van der Waals surface area contributed by atoms with Gasteiger partial charge < -0.3 is 14.2 Å². The van der Waals surface area contributed by atoms with Gasteiger partial charge in [0.25, 0.3) is 5.91 Å². The first-order chi connectivity index (χ1) is 14.2. The third-order valence-corrected chi connectivity index (χ3v) is 4.66. The maximum atomic E-state index is 12.9. The average molecular weight is 382 g/mol. The molecule has 3 aromatic carbocycles. The molecule has 2 aromatic heterocycles. The van der Waals surface area contributed by atoms with Crippen LogP contribution in [0.3, 0.4) is 0 Å². The fraction of sp³-hybridized carbons (Fsp3) is 0. The normalized spacial score (nSPS) is 11.0. The lowest BCUT2D eigenvalue weighted by atomic mass is 10.1. The van der Waals surface area contributed by atoms with Gasteiger partial charge in [0.2, 0.25) is 5.89 Å². The summed E-state index contributed by atoms with van der Waals surface area (Å²) in [5.41, 5.74) is 1.96. The average Bonchev–Trinajstić information content (AvgIpc) is 3.23. The predicted molar refractivity (Wildman–Crippen MR) is 110 cm³/mol. The van der Waals surface area contributed by atoms with Crippen LogP contribution in [-0.4, -0.2) is 10.9 Å². The fourth-order valence-electron chi connectivity index (χ4n) is 3.27. The molecule has 0 aliphatic rings. The second-order valence-electron chi connectivity index (χ2n) is 6.47. The van der Waals surface area contributed by atoms with Crippen LogP contribution in [-0.2, 0) is 0 Å². The summed E-state index contributed by atoms with van der Waals surface area (Å²) in [4.78, 5) is 29.7. The van der Waals surface area contributed by atoms with Gasteiger partial charge in [-0.1, -0.05) is 36.4 Å². The number of hydrogen-bond donors (Lipinski definition) is 1. The number of anilines is 1. The highest BCUT2D eigenvalue weighted by molar-refractivity contribution is 6.12. The summed E-state index contributed by atoms with van der Waals surface area (Å²) in [5, 5.41) is 4.12. The smallest absolute Gasteiger partial charge is 0.347 e. The largest absolute Gasteiger partial charge is 0.464 e. The number of rotatable bonds is 3. The summed E-state index contributed by atoms with van der Waals surface area (Å²) >= 11 is 0. The highest BCUT2D eigenvalue weighted by Crippen LogP contribution is 2.28. The molecule has 0 unspecified atom stereocenters. The molecule has 6 heteroatoms. The van der Waals surface area contributed by atoms with Gasteiger partial charge in [0.15, 0.2) is 0 Å². The van der Waals surface area contributed by atoms with Crippen LogP contribution in [0.4, 0.5) is 5.69 Å². The van der Waals surface area contributed by atoms with E-state index in [0.29, 0.717) is 33.3 Å². The highest BCUT2D eigenvalue weighted by atomic mass is 16.4. The second kappa shape index (κ2) is 6.76. The third kappa shape index (κ3) is 2.96. The number of amides is 1. The van der Waals surface area contributed by atoms with Gasteiger partial charge in [0.05, 0.1) is 34.0 Å². The van der Waals surface area contributed by atoms with E-state index in [1.807, 2.05) is 6.07 Å². The maximum absolute atomic E-state index is 12.9. The molecular weight excluding hydrogens is 368 g/mol. The van der Waals surface area contributed by atoms with E-state index in [9.17, 15) is 9.59 Å². The number of benzene rings is 3. The summed E-state index contributed by atoms with van der Waals surface area (Å²) in [6.07, 6.45) is 1.54. The zero-order valence-electron chi connectivity index (χ0n) is 15.1. The standard InChI is InChI=1S/C23H14N2O4/c26-21(17-9-5-6-14-12-13-28-20(14)17)24-18-10-3-1-7-15(18)22-25-19-11-4-2-8-16(19)23(27)29-22/h1-13H,(H,24,26). The Hall–Kier alpha value is -4.19. The number of carbonyl (C=O) groups excluding carboxylic acids is 1. The Bertz CT molecular complexity index is 1430. The van der Waals surface area contributed by atoms with Crippen molar-refractivity contribution < 1.29 is 13.6 Å². The van der Waals surface area contributed by atoms with Crippen molar-refractivity contribution in [2.75, 3.05) is 5.32 Å². The van der Waals surface area contributed by atoms with Gasteiger partial charge in [-0.3, -0.25) is 4.79 Å². The number of hydrogen-bond acceptors (Lipinski definition) is 5. The molecule has 1 amide bonds. The van der Waals surface area contributed by atoms with E-state index in [4.69, 9.17) is 8.83 Å². The molecule has 0 saturated heterocycles. The van der Waals surface area contributed by atoms with Crippen molar-refractivity contribution in [2.24, 2.45) is 0 Å². The first-order valence-electron chi connectivity index (χ1n) is 8.97. The van der Waals surface area contributed by atoms with E-state index in [1.165, 1.54) is 0 Å². The lowest BCUT2D eigenvalue weighted by Crippen LogP contribution is -2.13. The zero-order valence-corrected chi connectivity index (χ0v) is 15.1. The van der Waals surface area contributed by atoms with Crippen molar-refractivity contribution in [3.63, 3.8) is 0 Å². The monoisotopic (exact) mass is 382 g/mol. The van der Waals surface area contributed by atoms with Gasteiger partial charge in [-0.15, -0.1) is 0 Å². The molecule has 6 nitrogen and oxygen atoms in total. The number of aromatic nitrogens is 1. The third-order valence-electron chi connectivity index (χ3n) is 4.66. The molecule has 0 radical (unpaired) electrons. The minimum Gasteiger partial charge on any atom is -0.464 e. The lowest BCUT2D eigenvalue weighted by Gasteiger charge is -2.10. The van der Waals surface area contributed by atoms with Crippen LogP contribution in [0, 0.1) is 0 Å². The molecule has 5 aromatic rings. The molecule has 0 aliphatic carbocycles. The molecule has 29 heavy (non-hydrogen) atoms. The van der Waals surface area contributed by atoms with Gasteiger partial charge in [0.1, 0.15) is 5.58 Å². The molecule has 0 atom stereocenters. The van der Waals surface area contributed by atoms with Crippen LogP contribution in [0.15, 0.2) is 92.7 Å². The Morgan fingerprint density at radius 2 is 1.72 bits per heavy atom. The van der Waals surface area contributed by atoms with Crippen molar-refractivity contribution >= 4 is 33.5 Å². The Kier molecular flexibility index (Phi) is 3.95. The Labute approximate surface area is 164 Å². The Balaban J connectivity index is 1.58. The molecule has 0 fully saturated rings. The number of fused-ring (bicyclic) bond motifs is 2. The van der Waals surface area contributed by atoms with E-state index < -0.39 is 5.63 Å². The molecule has 140 valence electrons. The summed E-state index contributed by atoms with van der Waals surface area (Å²) in [5.74, 6) is -0.193. The molecule has 0 spiro atoms. The SMILES string of the molecule is O=C(Nc1ccccc1-c1nc2ccccc2c(=O)o1)c1cccc2ccoc12. The zero-order chi connectivity index (χ0) is 19.8. The molecule has 2 heterocycles. The number of carbonyl (C=O) groups is 1. The van der Waals surface area contributed by atoms with E-state index in [2.05, 4.69) is 10.3 Å². The van der Waals surface area contributed by atoms with Crippen LogP contribution in [0.5, 0.6) is 0 Å². The molecule has 5 rings (SSSR count). The Morgan fingerprint density at radius 3 is 2.66 bits per heavy atom. The summed E-state index contributed by atoms with van der Waals surface area (Å²) in [7, 11) is 0. The molecule has 0 bridgehead atoms. The van der Waals surface area contributed by atoms with Crippen LogP contribution in [0.1, 0.15) is 10.4 Å². The van der Waals surface area contributed by atoms with Crippen molar-refractivity contribution in [1.82, 2.24) is 4.98 Å². The minimum absolute atomic E-state index is 0.140. The van der Waals surface area contributed by atoms with Gasteiger partial charge in [-0.25, -0.2) is 9.78 Å². The quantitative estimate of drug-likeness (QED) is 0.482. The summed E-state index contributed by atoms with van der Waals surface area (Å²) < 4.78 is 10.9. The number of para-hydroxylation sites is 3. The van der Waals surface area contributed by atoms with Crippen molar-refractivity contribution in [3.05, 3.63) is 95.0 Å². The summed E-state index contributed by atoms with van der Waals surface area (Å²) in [6.45, 7) is 0. The predicted octanol–water partition coefficient (Wildman–Crippen LogP) is 4.85. The van der Waals surface area contributed by atoms with Crippen molar-refractivity contribution in [1.29, 1.82) is 0 Å². The molecular formula is C23H14N2O4. The topological polar surface area (TPSA) is 85.3 Å². The van der Waals surface area contributed by atoms with Gasteiger partial charge in [-0.05, 0) is 36.4 Å². The van der Waals surface area contributed by atoms with Crippen molar-refractivity contribution in [3.8, 4) is 11.5 Å². The second-order valence-corrected chi connectivity index (χ2v) is 6.47. The molecule has 0 saturated carbocycles. The van der Waals surface area contributed by atoms with Crippen LogP contribution in [0.2, 0.25) is 0 Å². The summed E-state index contributed by atoms with van der Waals surface area (Å²) in [6, 6.07) is 21.2. The number of furan rings is 1. The molecule has 0 aliphatic heterocycles. The maximum Gasteiger partial charge on any atom is 0.347 e.